The van der Waals surface area contributed by atoms with Gasteiger partial charge in [-0.2, -0.15) is 0 Å². The first kappa shape index (κ1) is 19.0. The Labute approximate surface area is 165 Å². The molecule has 4 rings (SSSR count). The summed E-state index contributed by atoms with van der Waals surface area (Å²) in [7, 11) is 0. The van der Waals surface area contributed by atoms with E-state index in [0.717, 1.165) is 42.5 Å². The molecule has 2 fully saturated rings. The van der Waals surface area contributed by atoms with Crippen LogP contribution in [-0.2, 0) is 20.9 Å². The molecule has 1 aromatic heterocycles. The van der Waals surface area contributed by atoms with Gasteiger partial charge in [0.05, 0.1) is 13.2 Å². The first-order valence-electron chi connectivity index (χ1n) is 10.1. The van der Waals surface area contributed by atoms with Crippen LogP contribution < -0.4 is 10.6 Å². The number of ether oxygens (including phenoxy) is 1. The molecular weight excluding hydrogens is 356 g/mol. The molecule has 2 saturated heterocycles. The largest absolute Gasteiger partial charge is 0.378 e. The van der Waals surface area contributed by atoms with Gasteiger partial charge in [0, 0.05) is 42.3 Å². The van der Waals surface area contributed by atoms with Gasteiger partial charge in [-0.25, -0.2) is 0 Å². The van der Waals surface area contributed by atoms with Crippen molar-refractivity contribution in [3.63, 3.8) is 0 Å². The Hall–Kier alpha value is -2.38. The van der Waals surface area contributed by atoms with Gasteiger partial charge >= 0.3 is 0 Å². The Morgan fingerprint density at radius 3 is 2.86 bits per heavy atom. The minimum absolute atomic E-state index is 0.0631. The number of nitrogens with zero attached hydrogens (tertiary/aromatic N) is 2. The van der Waals surface area contributed by atoms with E-state index in [1.807, 2.05) is 39.9 Å². The van der Waals surface area contributed by atoms with Gasteiger partial charge < -0.3 is 24.8 Å². The third kappa shape index (κ3) is 4.54. The van der Waals surface area contributed by atoms with Crippen LogP contribution >= 0.6 is 0 Å². The Morgan fingerprint density at radius 2 is 2.07 bits per heavy atom. The maximum atomic E-state index is 12.5. The van der Waals surface area contributed by atoms with E-state index in [1.165, 1.54) is 0 Å². The molecular formula is C21H28N4O3. The predicted molar refractivity (Wildman–Crippen MR) is 108 cm³/mol. The van der Waals surface area contributed by atoms with Crippen LogP contribution in [0.1, 0.15) is 19.3 Å². The number of aromatic nitrogens is 1. The average Bonchev–Trinajstić information content (AvgIpc) is 3.37. The molecule has 1 unspecified atom stereocenters. The van der Waals surface area contributed by atoms with E-state index in [0.29, 0.717) is 45.2 Å². The summed E-state index contributed by atoms with van der Waals surface area (Å²) >= 11 is 0. The van der Waals surface area contributed by atoms with Gasteiger partial charge in [-0.3, -0.25) is 9.59 Å². The molecule has 150 valence electrons. The molecule has 1 atom stereocenters. The molecule has 0 aliphatic carbocycles. The second-order valence-corrected chi connectivity index (χ2v) is 7.66. The molecule has 7 heteroatoms. The summed E-state index contributed by atoms with van der Waals surface area (Å²) in [5, 5.41) is 7.36. The molecule has 2 aliphatic heterocycles. The highest BCUT2D eigenvalue weighted by Crippen LogP contribution is 2.22. The number of carbonyl (C=O) groups is 2. The van der Waals surface area contributed by atoms with E-state index < -0.39 is 0 Å². The lowest BCUT2D eigenvalue weighted by molar-refractivity contribution is -0.135. The first-order valence-corrected chi connectivity index (χ1v) is 10.1. The Balaban J connectivity index is 1.35. The molecule has 0 spiro atoms. The molecule has 0 saturated carbocycles. The highest BCUT2D eigenvalue weighted by Gasteiger charge is 2.18. The van der Waals surface area contributed by atoms with Crippen LogP contribution in [0.4, 0.5) is 5.69 Å². The summed E-state index contributed by atoms with van der Waals surface area (Å²) < 4.78 is 7.27. The predicted octanol–water partition coefficient (Wildman–Crippen LogP) is 1.83. The Morgan fingerprint density at radius 1 is 1.21 bits per heavy atom. The van der Waals surface area contributed by atoms with Crippen molar-refractivity contribution >= 4 is 28.4 Å². The van der Waals surface area contributed by atoms with Gasteiger partial charge in [0.15, 0.2) is 0 Å². The quantitative estimate of drug-likeness (QED) is 0.797. The molecule has 2 N–H and O–H groups in total. The standard InChI is InChI=1S/C21H28N4O3/c26-20(4-1-16-5-7-22-14-16)23-18-2-3-19-17(13-18)6-8-25(19)15-21(27)24-9-11-28-12-10-24/h2-3,6,8,13,16,22H,1,4-5,7,9-12,14-15H2,(H,23,26). The second kappa shape index (κ2) is 8.75. The normalized spacial score (nSPS) is 19.9. The number of carbonyl (C=O) groups excluding carboxylic acids is 2. The topological polar surface area (TPSA) is 75.6 Å². The Kier molecular flexibility index (Phi) is 5.92. The minimum Gasteiger partial charge on any atom is -0.378 e. The van der Waals surface area contributed by atoms with Crippen LogP contribution in [0.3, 0.4) is 0 Å². The lowest BCUT2D eigenvalue weighted by atomic mass is 10.0. The zero-order valence-electron chi connectivity index (χ0n) is 16.2. The van der Waals surface area contributed by atoms with Crippen molar-refractivity contribution in [1.29, 1.82) is 0 Å². The van der Waals surface area contributed by atoms with Crippen LogP contribution in [0.5, 0.6) is 0 Å². The lowest BCUT2D eigenvalue weighted by Crippen LogP contribution is -2.42. The van der Waals surface area contributed by atoms with Gasteiger partial charge in [-0.15, -0.1) is 0 Å². The third-order valence-electron chi connectivity index (χ3n) is 5.67. The molecule has 7 nitrogen and oxygen atoms in total. The highest BCUT2D eigenvalue weighted by molar-refractivity contribution is 5.94. The summed E-state index contributed by atoms with van der Waals surface area (Å²) in [6.45, 7) is 4.95. The van der Waals surface area contributed by atoms with Gasteiger partial charge in [-0.1, -0.05) is 0 Å². The molecule has 2 amide bonds. The summed E-state index contributed by atoms with van der Waals surface area (Å²) in [6.07, 6.45) is 4.58. The van der Waals surface area contributed by atoms with E-state index in [1.54, 1.807) is 0 Å². The first-order chi connectivity index (χ1) is 13.7. The highest BCUT2D eigenvalue weighted by atomic mass is 16.5. The number of hydrogen-bond acceptors (Lipinski definition) is 4. The molecule has 3 heterocycles. The smallest absolute Gasteiger partial charge is 0.242 e. The van der Waals surface area contributed by atoms with E-state index in [4.69, 9.17) is 4.74 Å². The number of amides is 2. The van der Waals surface area contributed by atoms with Crippen molar-refractivity contribution < 1.29 is 14.3 Å². The van der Waals surface area contributed by atoms with Crippen molar-refractivity contribution in [3.8, 4) is 0 Å². The summed E-state index contributed by atoms with van der Waals surface area (Å²) in [4.78, 5) is 26.6. The number of rotatable bonds is 6. The van der Waals surface area contributed by atoms with E-state index >= 15 is 0 Å². The Bertz CT molecular complexity index is 835. The number of nitrogens with one attached hydrogen (secondary N) is 2. The van der Waals surface area contributed by atoms with E-state index in [-0.39, 0.29) is 11.8 Å². The van der Waals surface area contributed by atoms with Crippen molar-refractivity contribution in [2.24, 2.45) is 5.92 Å². The van der Waals surface area contributed by atoms with E-state index in [9.17, 15) is 9.59 Å². The molecule has 1 aromatic carbocycles. The number of anilines is 1. The van der Waals surface area contributed by atoms with Gasteiger partial charge in [0.2, 0.25) is 11.8 Å². The second-order valence-electron chi connectivity index (χ2n) is 7.66. The molecule has 28 heavy (non-hydrogen) atoms. The summed E-state index contributed by atoms with van der Waals surface area (Å²) in [5.74, 6) is 0.791. The van der Waals surface area contributed by atoms with Gasteiger partial charge in [-0.05, 0) is 56.1 Å². The number of hydrogen-bond donors (Lipinski definition) is 2. The fourth-order valence-corrected chi connectivity index (χ4v) is 3.99. The zero-order chi connectivity index (χ0) is 19.3. The number of benzene rings is 1. The molecule has 2 aliphatic rings. The fourth-order valence-electron chi connectivity index (χ4n) is 3.99. The van der Waals surface area contributed by atoms with Crippen LogP contribution in [0.15, 0.2) is 30.5 Å². The minimum atomic E-state index is 0.0631. The van der Waals surface area contributed by atoms with Crippen LogP contribution in [0.25, 0.3) is 10.9 Å². The maximum absolute atomic E-state index is 12.5. The summed E-state index contributed by atoms with van der Waals surface area (Å²) in [5.41, 5.74) is 1.80. The fraction of sp³-hybridized carbons (Fsp3) is 0.524. The maximum Gasteiger partial charge on any atom is 0.242 e. The van der Waals surface area contributed by atoms with Gasteiger partial charge in [0.1, 0.15) is 6.54 Å². The molecule has 2 aromatic rings. The van der Waals surface area contributed by atoms with Crippen LogP contribution in [0, 0.1) is 5.92 Å². The van der Waals surface area contributed by atoms with Crippen LogP contribution in [0.2, 0.25) is 0 Å². The summed E-state index contributed by atoms with van der Waals surface area (Å²) in [6, 6.07) is 7.84. The lowest BCUT2D eigenvalue weighted by Gasteiger charge is -2.27. The SMILES string of the molecule is O=C(CCC1CCNC1)Nc1ccc2c(ccn2CC(=O)N2CCOCC2)c1. The van der Waals surface area contributed by atoms with Crippen molar-refractivity contribution in [3.05, 3.63) is 30.5 Å². The van der Waals surface area contributed by atoms with Crippen molar-refractivity contribution in [1.82, 2.24) is 14.8 Å². The monoisotopic (exact) mass is 384 g/mol. The van der Waals surface area contributed by atoms with Crippen molar-refractivity contribution in [2.75, 3.05) is 44.7 Å². The number of fused-ring (bicyclic) bond motifs is 1. The molecule has 0 bridgehead atoms. The van der Waals surface area contributed by atoms with E-state index in [2.05, 4.69) is 10.6 Å². The average molecular weight is 384 g/mol. The third-order valence-corrected chi connectivity index (χ3v) is 5.67. The van der Waals surface area contributed by atoms with Crippen molar-refractivity contribution in [2.45, 2.75) is 25.8 Å². The van der Waals surface area contributed by atoms with Crippen LogP contribution in [-0.4, -0.2) is 60.7 Å². The number of morpholine rings is 1. The zero-order valence-corrected chi connectivity index (χ0v) is 16.2. The molecule has 0 radical (unpaired) electrons. The van der Waals surface area contributed by atoms with Gasteiger partial charge in [0.25, 0.3) is 0 Å².